The number of benzene rings is 2. The van der Waals surface area contributed by atoms with Crippen LogP contribution in [-0.4, -0.2) is 19.5 Å². The average molecular weight is 304 g/mol. The van der Waals surface area contributed by atoms with Gasteiger partial charge in [-0.1, -0.05) is 36.4 Å². The van der Waals surface area contributed by atoms with Crippen LogP contribution >= 0.6 is 0 Å². The molecule has 0 aliphatic heterocycles. The summed E-state index contributed by atoms with van der Waals surface area (Å²) < 4.78 is 33.8. The van der Waals surface area contributed by atoms with E-state index in [1.807, 2.05) is 30.3 Å². The minimum atomic E-state index is -2.95. The van der Waals surface area contributed by atoms with Crippen LogP contribution < -0.4 is 9.47 Å². The van der Waals surface area contributed by atoms with Crippen molar-refractivity contribution in [2.45, 2.75) is 6.61 Å². The first kappa shape index (κ1) is 15.7. The third-order valence-electron chi connectivity index (χ3n) is 2.89. The van der Waals surface area contributed by atoms with Gasteiger partial charge in [-0.2, -0.15) is 8.78 Å². The second-order valence-electron chi connectivity index (χ2n) is 4.35. The van der Waals surface area contributed by atoms with Crippen molar-refractivity contribution < 1.29 is 23.0 Å². The molecule has 0 N–H and O–H groups in total. The first-order chi connectivity index (χ1) is 10.6. The minimum absolute atomic E-state index is 0.0826. The summed E-state index contributed by atoms with van der Waals surface area (Å²) in [6, 6.07) is 13.4. The molecular formula is C17H14F2O3. The van der Waals surface area contributed by atoms with E-state index in [9.17, 15) is 13.6 Å². The van der Waals surface area contributed by atoms with Gasteiger partial charge in [0.25, 0.3) is 0 Å². The van der Waals surface area contributed by atoms with Crippen LogP contribution in [0.3, 0.4) is 0 Å². The van der Waals surface area contributed by atoms with Crippen molar-refractivity contribution in [1.82, 2.24) is 0 Å². The van der Waals surface area contributed by atoms with Crippen molar-refractivity contribution in [3.05, 3.63) is 65.7 Å². The van der Waals surface area contributed by atoms with Gasteiger partial charge in [-0.05, 0) is 29.8 Å². The molecule has 0 aliphatic carbocycles. The largest absolute Gasteiger partial charge is 0.493 e. The number of carbonyl (C=O) groups excluding carboxylic acids is 1. The van der Waals surface area contributed by atoms with Gasteiger partial charge < -0.3 is 9.47 Å². The molecule has 114 valence electrons. The third-order valence-corrected chi connectivity index (χ3v) is 2.89. The monoisotopic (exact) mass is 304 g/mol. The highest BCUT2D eigenvalue weighted by atomic mass is 19.3. The molecule has 2 aromatic rings. The highest BCUT2D eigenvalue weighted by Crippen LogP contribution is 2.29. The molecule has 0 radical (unpaired) electrons. The summed E-state index contributed by atoms with van der Waals surface area (Å²) in [5.41, 5.74) is 1.21. The molecule has 22 heavy (non-hydrogen) atoms. The van der Waals surface area contributed by atoms with E-state index < -0.39 is 6.61 Å². The molecule has 0 saturated carbocycles. The minimum Gasteiger partial charge on any atom is -0.493 e. The maximum absolute atomic E-state index is 12.2. The second-order valence-corrected chi connectivity index (χ2v) is 4.35. The Hall–Kier alpha value is -2.69. The predicted molar refractivity (Wildman–Crippen MR) is 79.4 cm³/mol. The Kier molecular flexibility index (Phi) is 5.25. The number of ketones is 1. The Morgan fingerprint density at radius 2 is 1.82 bits per heavy atom. The van der Waals surface area contributed by atoms with E-state index in [4.69, 9.17) is 4.74 Å². The van der Waals surface area contributed by atoms with Gasteiger partial charge in [0, 0.05) is 5.56 Å². The molecular weight excluding hydrogens is 290 g/mol. The molecule has 0 bridgehead atoms. The summed E-state index contributed by atoms with van der Waals surface area (Å²) >= 11 is 0. The second kappa shape index (κ2) is 7.36. The first-order valence-electron chi connectivity index (χ1n) is 6.50. The summed E-state index contributed by atoms with van der Waals surface area (Å²) in [7, 11) is 1.32. The number of hydrogen-bond donors (Lipinski definition) is 0. The summed E-state index contributed by atoms with van der Waals surface area (Å²) in [5.74, 6) is -0.286. The highest BCUT2D eigenvalue weighted by molar-refractivity contribution is 6.07. The van der Waals surface area contributed by atoms with E-state index >= 15 is 0 Å². The van der Waals surface area contributed by atoms with Gasteiger partial charge in [0.2, 0.25) is 0 Å². The lowest BCUT2D eigenvalue weighted by molar-refractivity contribution is -0.0512. The summed E-state index contributed by atoms with van der Waals surface area (Å²) in [6.45, 7) is -2.95. The van der Waals surface area contributed by atoms with E-state index in [1.165, 1.54) is 31.4 Å². The quantitative estimate of drug-likeness (QED) is 0.593. The normalized spacial score (nSPS) is 10.9. The van der Waals surface area contributed by atoms with Crippen LogP contribution in [-0.2, 0) is 0 Å². The molecule has 0 heterocycles. The van der Waals surface area contributed by atoms with Crippen molar-refractivity contribution in [2.24, 2.45) is 0 Å². The number of halogens is 2. The Morgan fingerprint density at radius 3 is 2.45 bits per heavy atom. The van der Waals surface area contributed by atoms with Crippen molar-refractivity contribution in [3.63, 3.8) is 0 Å². The number of hydrogen-bond acceptors (Lipinski definition) is 3. The van der Waals surface area contributed by atoms with Crippen LogP contribution in [0.4, 0.5) is 8.78 Å². The Labute approximate surface area is 126 Å². The van der Waals surface area contributed by atoms with Gasteiger partial charge in [-0.15, -0.1) is 0 Å². The number of ether oxygens (including phenoxy) is 2. The van der Waals surface area contributed by atoms with Crippen molar-refractivity contribution in [1.29, 1.82) is 0 Å². The standard InChI is InChI=1S/C17H14F2O3/c1-21-16-11-13(8-10-15(16)22-17(18)19)14(20)9-7-12-5-3-2-4-6-12/h2-11,17H,1H3/b9-7+. The van der Waals surface area contributed by atoms with Crippen LogP contribution in [0.25, 0.3) is 6.08 Å². The molecule has 2 aromatic carbocycles. The molecule has 0 fully saturated rings. The summed E-state index contributed by atoms with van der Waals surface area (Å²) in [5, 5.41) is 0. The molecule has 5 heteroatoms. The number of methoxy groups -OCH3 is 1. The summed E-state index contributed by atoms with van der Waals surface area (Å²) in [4.78, 5) is 12.1. The van der Waals surface area contributed by atoms with E-state index in [0.29, 0.717) is 5.56 Å². The van der Waals surface area contributed by atoms with Crippen molar-refractivity contribution in [2.75, 3.05) is 7.11 Å². The average Bonchev–Trinajstić information content (AvgIpc) is 2.53. The van der Waals surface area contributed by atoms with E-state index in [2.05, 4.69) is 4.74 Å². The third kappa shape index (κ3) is 4.15. The molecule has 3 nitrogen and oxygen atoms in total. The molecule has 2 rings (SSSR count). The lowest BCUT2D eigenvalue weighted by Gasteiger charge is -2.10. The molecule has 0 unspecified atom stereocenters. The van der Waals surface area contributed by atoms with Crippen LogP contribution in [0.2, 0.25) is 0 Å². The molecule has 0 spiro atoms. The Morgan fingerprint density at radius 1 is 1.09 bits per heavy atom. The zero-order chi connectivity index (χ0) is 15.9. The fourth-order valence-electron chi connectivity index (χ4n) is 1.85. The molecule has 0 amide bonds. The van der Waals surface area contributed by atoms with Gasteiger partial charge in [0.1, 0.15) is 0 Å². The van der Waals surface area contributed by atoms with Crippen molar-refractivity contribution in [3.8, 4) is 11.5 Å². The SMILES string of the molecule is COc1cc(C(=O)/C=C/c2ccccc2)ccc1OC(F)F. The maximum Gasteiger partial charge on any atom is 0.387 e. The van der Waals surface area contributed by atoms with Crippen molar-refractivity contribution >= 4 is 11.9 Å². The van der Waals surface area contributed by atoms with Crippen LogP contribution in [0.15, 0.2) is 54.6 Å². The topological polar surface area (TPSA) is 35.5 Å². The smallest absolute Gasteiger partial charge is 0.387 e. The van der Waals surface area contributed by atoms with Gasteiger partial charge in [0.15, 0.2) is 17.3 Å². The van der Waals surface area contributed by atoms with Crippen LogP contribution in [0, 0.1) is 0 Å². The number of rotatable bonds is 6. The van der Waals surface area contributed by atoms with Crippen LogP contribution in [0.1, 0.15) is 15.9 Å². The maximum atomic E-state index is 12.2. The van der Waals surface area contributed by atoms with Gasteiger partial charge in [-0.3, -0.25) is 4.79 Å². The molecule has 0 saturated heterocycles. The number of allylic oxidation sites excluding steroid dienone is 1. The van der Waals surface area contributed by atoms with E-state index in [1.54, 1.807) is 6.08 Å². The molecule has 0 aliphatic rings. The lowest BCUT2D eigenvalue weighted by Crippen LogP contribution is -2.04. The molecule has 0 aromatic heterocycles. The molecule has 0 atom stereocenters. The zero-order valence-electron chi connectivity index (χ0n) is 11.8. The highest BCUT2D eigenvalue weighted by Gasteiger charge is 2.13. The van der Waals surface area contributed by atoms with E-state index in [0.717, 1.165) is 5.56 Å². The van der Waals surface area contributed by atoms with E-state index in [-0.39, 0.29) is 17.3 Å². The lowest BCUT2D eigenvalue weighted by atomic mass is 10.1. The fraction of sp³-hybridized carbons (Fsp3) is 0.118. The van der Waals surface area contributed by atoms with Gasteiger partial charge in [0.05, 0.1) is 7.11 Å². The first-order valence-corrected chi connectivity index (χ1v) is 6.50. The predicted octanol–water partition coefficient (Wildman–Crippen LogP) is 4.19. The number of alkyl halides is 2. The zero-order valence-corrected chi connectivity index (χ0v) is 11.8. The Bertz CT molecular complexity index is 667. The van der Waals surface area contributed by atoms with Gasteiger partial charge >= 0.3 is 6.61 Å². The number of carbonyl (C=O) groups is 1. The summed E-state index contributed by atoms with van der Waals surface area (Å²) in [6.07, 6.45) is 3.09. The van der Waals surface area contributed by atoms with Gasteiger partial charge in [-0.25, -0.2) is 0 Å². The Balaban J connectivity index is 2.18. The van der Waals surface area contributed by atoms with Crippen LogP contribution in [0.5, 0.6) is 11.5 Å². The fourth-order valence-corrected chi connectivity index (χ4v) is 1.85.